The molecule has 5 heteroatoms. The standard InChI is InChI=1S/C8H7BrN4/c9-6-3-10-7-8(12-6)13(4-11-7)5-1-2-5/h3-5H,1-2H2. The van der Waals surface area contributed by atoms with Crippen LogP contribution in [0.15, 0.2) is 17.1 Å². The Balaban J connectivity index is 2.29. The molecule has 0 aromatic carbocycles. The van der Waals surface area contributed by atoms with Crippen molar-refractivity contribution in [3.05, 3.63) is 17.1 Å². The summed E-state index contributed by atoms with van der Waals surface area (Å²) < 4.78 is 2.87. The number of fused-ring (bicyclic) bond motifs is 1. The van der Waals surface area contributed by atoms with Crippen molar-refractivity contribution in [2.75, 3.05) is 0 Å². The first-order valence-corrected chi connectivity index (χ1v) is 4.99. The van der Waals surface area contributed by atoms with E-state index in [1.807, 2.05) is 6.33 Å². The number of hydrogen-bond acceptors (Lipinski definition) is 3. The first-order chi connectivity index (χ1) is 6.34. The fraction of sp³-hybridized carbons (Fsp3) is 0.375. The summed E-state index contributed by atoms with van der Waals surface area (Å²) in [5.74, 6) is 0. The van der Waals surface area contributed by atoms with Crippen LogP contribution in [0.5, 0.6) is 0 Å². The van der Waals surface area contributed by atoms with Gasteiger partial charge < -0.3 is 4.57 Å². The average molecular weight is 239 g/mol. The van der Waals surface area contributed by atoms with Gasteiger partial charge in [0.2, 0.25) is 0 Å². The van der Waals surface area contributed by atoms with E-state index in [9.17, 15) is 0 Å². The summed E-state index contributed by atoms with van der Waals surface area (Å²) in [5.41, 5.74) is 1.62. The van der Waals surface area contributed by atoms with E-state index < -0.39 is 0 Å². The van der Waals surface area contributed by atoms with Crippen molar-refractivity contribution in [3.8, 4) is 0 Å². The highest BCUT2D eigenvalue weighted by Gasteiger charge is 2.25. The third-order valence-electron chi connectivity index (χ3n) is 2.20. The lowest BCUT2D eigenvalue weighted by molar-refractivity contribution is 0.756. The molecular formula is C8H7BrN4. The van der Waals surface area contributed by atoms with Crippen molar-refractivity contribution in [1.82, 2.24) is 19.5 Å². The second kappa shape index (κ2) is 2.51. The number of aromatic nitrogens is 4. The Morgan fingerprint density at radius 2 is 2.23 bits per heavy atom. The fourth-order valence-electron chi connectivity index (χ4n) is 1.41. The van der Waals surface area contributed by atoms with Crippen molar-refractivity contribution in [2.24, 2.45) is 0 Å². The molecule has 0 unspecified atom stereocenters. The molecule has 2 heterocycles. The summed E-state index contributed by atoms with van der Waals surface area (Å²) in [4.78, 5) is 12.7. The van der Waals surface area contributed by atoms with Gasteiger partial charge in [-0.25, -0.2) is 15.0 Å². The van der Waals surface area contributed by atoms with Gasteiger partial charge in [-0.2, -0.15) is 0 Å². The maximum Gasteiger partial charge on any atom is 0.197 e. The highest BCUT2D eigenvalue weighted by Crippen LogP contribution is 2.36. The van der Waals surface area contributed by atoms with Crippen molar-refractivity contribution < 1.29 is 0 Å². The average Bonchev–Trinajstić information content (AvgIpc) is 2.87. The molecule has 13 heavy (non-hydrogen) atoms. The van der Waals surface area contributed by atoms with Gasteiger partial charge in [-0.05, 0) is 28.8 Å². The SMILES string of the molecule is Brc1cnc2ncn(C3CC3)c2n1. The van der Waals surface area contributed by atoms with Gasteiger partial charge >= 0.3 is 0 Å². The lowest BCUT2D eigenvalue weighted by atomic mass is 10.6. The Bertz CT molecular complexity index is 460. The molecule has 0 aliphatic heterocycles. The fourth-order valence-corrected chi connectivity index (χ4v) is 1.68. The molecule has 0 N–H and O–H groups in total. The Morgan fingerprint density at radius 3 is 3.00 bits per heavy atom. The number of nitrogens with zero attached hydrogens (tertiary/aromatic N) is 4. The Morgan fingerprint density at radius 1 is 1.38 bits per heavy atom. The largest absolute Gasteiger partial charge is 0.311 e. The smallest absolute Gasteiger partial charge is 0.197 e. The lowest BCUT2D eigenvalue weighted by Crippen LogP contribution is -1.93. The molecule has 66 valence electrons. The zero-order chi connectivity index (χ0) is 8.84. The number of rotatable bonds is 1. The van der Waals surface area contributed by atoms with Gasteiger partial charge in [0.15, 0.2) is 11.3 Å². The van der Waals surface area contributed by atoms with Gasteiger partial charge in [-0.1, -0.05) is 0 Å². The molecule has 4 nitrogen and oxygen atoms in total. The summed E-state index contributed by atoms with van der Waals surface area (Å²) in [6.45, 7) is 0. The van der Waals surface area contributed by atoms with E-state index in [1.165, 1.54) is 12.8 Å². The Hall–Kier alpha value is -0.970. The summed E-state index contributed by atoms with van der Waals surface area (Å²) in [7, 11) is 0. The molecular weight excluding hydrogens is 232 g/mol. The summed E-state index contributed by atoms with van der Waals surface area (Å²) in [6.07, 6.45) is 5.97. The van der Waals surface area contributed by atoms with Crippen LogP contribution in [0.1, 0.15) is 18.9 Å². The van der Waals surface area contributed by atoms with Crippen molar-refractivity contribution in [2.45, 2.75) is 18.9 Å². The Labute approximate surface area is 83.1 Å². The third-order valence-corrected chi connectivity index (χ3v) is 2.58. The van der Waals surface area contributed by atoms with E-state index in [2.05, 4.69) is 35.4 Å². The van der Waals surface area contributed by atoms with Crippen LogP contribution in [0.4, 0.5) is 0 Å². The zero-order valence-electron chi connectivity index (χ0n) is 6.81. The summed E-state index contributed by atoms with van der Waals surface area (Å²) in [5, 5.41) is 0. The second-order valence-corrected chi connectivity index (χ2v) is 4.04. The van der Waals surface area contributed by atoms with E-state index in [-0.39, 0.29) is 0 Å². The second-order valence-electron chi connectivity index (χ2n) is 3.22. The molecule has 2 aromatic heterocycles. The van der Waals surface area contributed by atoms with E-state index >= 15 is 0 Å². The van der Waals surface area contributed by atoms with Crippen molar-refractivity contribution in [1.29, 1.82) is 0 Å². The van der Waals surface area contributed by atoms with Crippen LogP contribution in [0.25, 0.3) is 11.3 Å². The van der Waals surface area contributed by atoms with Gasteiger partial charge in [0, 0.05) is 6.04 Å². The van der Waals surface area contributed by atoms with E-state index in [4.69, 9.17) is 0 Å². The summed E-state index contributed by atoms with van der Waals surface area (Å²) in [6, 6.07) is 0.605. The summed E-state index contributed by atoms with van der Waals surface area (Å²) >= 11 is 3.31. The highest BCUT2D eigenvalue weighted by atomic mass is 79.9. The van der Waals surface area contributed by atoms with Gasteiger partial charge in [0.1, 0.15) is 4.60 Å². The molecule has 1 aliphatic rings. The quantitative estimate of drug-likeness (QED) is 0.763. The first-order valence-electron chi connectivity index (χ1n) is 4.19. The van der Waals surface area contributed by atoms with Crippen LogP contribution in [0.3, 0.4) is 0 Å². The molecule has 0 radical (unpaired) electrons. The molecule has 1 aliphatic carbocycles. The molecule has 2 aromatic rings. The van der Waals surface area contributed by atoms with Gasteiger partial charge in [-0.15, -0.1) is 0 Å². The third kappa shape index (κ3) is 1.14. The zero-order valence-corrected chi connectivity index (χ0v) is 8.40. The van der Waals surface area contributed by atoms with Gasteiger partial charge in [-0.3, -0.25) is 0 Å². The molecule has 3 rings (SSSR count). The molecule has 0 amide bonds. The lowest BCUT2D eigenvalue weighted by Gasteiger charge is -1.98. The van der Waals surface area contributed by atoms with Crippen LogP contribution in [0, 0.1) is 0 Å². The van der Waals surface area contributed by atoms with Crippen LogP contribution in [-0.2, 0) is 0 Å². The number of halogens is 1. The molecule has 1 saturated carbocycles. The van der Waals surface area contributed by atoms with E-state index in [0.717, 1.165) is 15.9 Å². The Kier molecular flexibility index (Phi) is 1.44. The van der Waals surface area contributed by atoms with Crippen LogP contribution < -0.4 is 0 Å². The minimum absolute atomic E-state index is 0.605. The molecule has 0 saturated heterocycles. The first kappa shape index (κ1) is 7.44. The number of hydrogen-bond donors (Lipinski definition) is 0. The normalized spacial score (nSPS) is 16.7. The molecule has 0 spiro atoms. The van der Waals surface area contributed by atoms with Gasteiger partial charge in [0.05, 0.1) is 12.5 Å². The predicted molar refractivity (Wildman–Crippen MR) is 51.3 cm³/mol. The molecule has 1 fully saturated rings. The van der Waals surface area contributed by atoms with Crippen molar-refractivity contribution in [3.63, 3.8) is 0 Å². The molecule has 0 bridgehead atoms. The predicted octanol–water partition coefficient (Wildman–Crippen LogP) is 1.92. The van der Waals surface area contributed by atoms with E-state index in [0.29, 0.717) is 6.04 Å². The van der Waals surface area contributed by atoms with Crippen molar-refractivity contribution >= 4 is 27.2 Å². The maximum atomic E-state index is 4.35. The topological polar surface area (TPSA) is 43.6 Å². The molecule has 0 atom stereocenters. The van der Waals surface area contributed by atoms with Gasteiger partial charge in [0.25, 0.3) is 0 Å². The number of imidazole rings is 1. The minimum Gasteiger partial charge on any atom is -0.311 e. The van der Waals surface area contributed by atoms with Crippen LogP contribution in [0.2, 0.25) is 0 Å². The van der Waals surface area contributed by atoms with Crippen LogP contribution >= 0.6 is 15.9 Å². The minimum atomic E-state index is 0.605. The monoisotopic (exact) mass is 238 g/mol. The highest BCUT2D eigenvalue weighted by molar-refractivity contribution is 9.10. The van der Waals surface area contributed by atoms with E-state index in [1.54, 1.807) is 6.20 Å². The maximum absolute atomic E-state index is 4.35. The van der Waals surface area contributed by atoms with Crippen LogP contribution in [-0.4, -0.2) is 19.5 Å².